The highest BCUT2D eigenvalue weighted by Gasteiger charge is 2.29. The molecule has 0 unspecified atom stereocenters. The minimum atomic E-state index is -0.0827. The molecule has 3 aromatic rings. The predicted molar refractivity (Wildman–Crippen MR) is 109 cm³/mol. The minimum absolute atomic E-state index is 0.0317. The Hall–Kier alpha value is -3.15. The number of aromatic nitrogens is 2. The van der Waals surface area contributed by atoms with Crippen LogP contribution >= 0.6 is 0 Å². The third kappa shape index (κ3) is 3.50. The van der Waals surface area contributed by atoms with Crippen molar-refractivity contribution in [1.29, 1.82) is 0 Å². The van der Waals surface area contributed by atoms with E-state index in [2.05, 4.69) is 21.6 Å². The molecular formula is C22H24N4O2. The van der Waals surface area contributed by atoms with Crippen molar-refractivity contribution in [3.05, 3.63) is 59.3 Å². The first-order chi connectivity index (χ1) is 13.5. The zero-order valence-electron chi connectivity index (χ0n) is 16.2. The van der Waals surface area contributed by atoms with Crippen LogP contribution in [0, 0.1) is 19.8 Å². The Balaban J connectivity index is 1.39. The maximum atomic E-state index is 12.9. The molecule has 1 saturated heterocycles. The first-order valence-electron chi connectivity index (χ1n) is 9.63. The van der Waals surface area contributed by atoms with Crippen molar-refractivity contribution in [3.8, 4) is 0 Å². The van der Waals surface area contributed by atoms with E-state index >= 15 is 0 Å². The fourth-order valence-electron chi connectivity index (χ4n) is 3.81. The average molecular weight is 376 g/mol. The van der Waals surface area contributed by atoms with Crippen molar-refractivity contribution < 1.29 is 9.59 Å². The molecule has 0 saturated carbocycles. The number of aromatic amines is 1. The lowest BCUT2D eigenvalue weighted by molar-refractivity contribution is -0.121. The molecule has 0 spiro atoms. The number of hydrogen-bond donors (Lipinski definition) is 2. The van der Waals surface area contributed by atoms with E-state index in [0.29, 0.717) is 31.6 Å². The molecule has 4 rings (SSSR count). The highest BCUT2D eigenvalue weighted by Crippen LogP contribution is 2.24. The number of piperidine rings is 1. The second-order valence-corrected chi connectivity index (χ2v) is 7.49. The fourth-order valence-corrected chi connectivity index (χ4v) is 3.81. The monoisotopic (exact) mass is 376 g/mol. The summed E-state index contributed by atoms with van der Waals surface area (Å²) in [6.45, 7) is 5.15. The average Bonchev–Trinajstić information content (AvgIpc) is 3.14. The first kappa shape index (κ1) is 18.2. The fraction of sp³-hybridized carbons (Fsp3) is 0.318. The zero-order chi connectivity index (χ0) is 19.7. The summed E-state index contributed by atoms with van der Waals surface area (Å²) in [7, 11) is 0. The number of carbonyl (C=O) groups is 2. The number of fused-ring (bicyclic) bond motifs is 1. The van der Waals surface area contributed by atoms with Crippen molar-refractivity contribution >= 4 is 28.4 Å². The number of rotatable bonds is 3. The third-order valence-electron chi connectivity index (χ3n) is 5.47. The Kier molecular flexibility index (Phi) is 4.86. The van der Waals surface area contributed by atoms with Gasteiger partial charge in [0.05, 0.1) is 5.52 Å². The lowest BCUT2D eigenvalue weighted by Gasteiger charge is -2.31. The van der Waals surface area contributed by atoms with Crippen molar-refractivity contribution in [1.82, 2.24) is 15.1 Å². The number of hydrogen-bond acceptors (Lipinski definition) is 3. The van der Waals surface area contributed by atoms with Crippen LogP contribution < -0.4 is 5.32 Å². The van der Waals surface area contributed by atoms with E-state index < -0.39 is 0 Å². The normalized spacial score (nSPS) is 15.0. The van der Waals surface area contributed by atoms with Gasteiger partial charge in [0.2, 0.25) is 5.91 Å². The summed E-state index contributed by atoms with van der Waals surface area (Å²) in [6.07, 6.45) is 1.32. The van der Waals surface area contributed by atoms with E-state index in [0.717, 1.165) is 22.2 Å². The van der Waals surface area contributed by atoms with Crippen LogP contribution in [-0.4, -0.2) is 40.0 Å². The number of para-hydroxylation sites is 1. The SMILES string of the molecule is Cc1ccc(NC(=O)C2CCN(C(=O)c3n[nH]c4ccccc34)CC2)c(C)c1. The Labute approximate surface area is 163 Å². The van der Waals surface area contributed by atoms with Gasteiger partial charge in [0, 0.05) is 30.1 Å². The van der Waals surface area contributed by atoms with Crippen molar-refractivity contribution in [2.24, 2.45) is 5.92 Å². The van der Waals surface area contributed by atoms with Crippen LogP contribution in [0.15, 0.2) is 42.5 Å². The molecule has 1 aliphatic rings. The van der Waals surface area contributed by atoms with E-state index in [4.69, 9.17) is 0 Å². The maximum absolute atomic E-state index is 12.9. The number of H-pyrrole nitrogens is 1. The van der Waals surface area contributed by atoms with E-state index in [9.17, 15) is 9.59 Å². The van der Waals surface area contributed by atoms with Gasteiger partial charge >= 0.3 is 0 Å². The van der Waals surface area contributed by atoms with Crippen LogP contribution in [0.5, 0.6) is 0 Å². The number of aryl methyl sites for hydroxylation is 2. The van der Waals surface area contributed by atoms with Gasteiger partial charge in [0.1, 0.15) is 0 Å². The van der Waals surface area contributed by atoms with Gasteiger partial charge in [-0.1, -0.05) is 35.9 Å². The summed E-state index contributed by atoms with van der Waals surface area (Å²) in [4.78, 5) is 27.3. The van der Waals surface area contributed by atoms with Crippen LogP contribution in [0.4, 0.5) is 5.69 Å². The van der Waals surface area contributed by atoms with Gasteiger partial charge < -0.3 is 10.2 Å². The minimum Gasteiger partial charge on any atom is -0.337 e. The molecule has 28 heavy (non-hydrogen) atoms. The molecule has 1 fully saturated rings. The van der Waals surface area contributed by atoms with Crippen LogP contribution in [0.25, 0.3) is 10.9 Å². The predicted octanol–water partition coefficient (Wildman–Crippen LogP) is 3.67. The van der Waals surface area contributed by atoms with Gasteiger partial charge in [-0.3, -0.25) is 14.7 Å². The lowest BCUT2D eigenvalue weighted by Crippen LogP contribution is -2.41. The Bertz CT molecular complexity index is 1030. The van der Waals surface area contributed by atoms with Crippen molar-refractivity contribution in [2.75, 3.05) is 18.4 Å². The van der Waals surface area contributed by atoms with Crippen LogP contribution in [-0.2, 0) is 4.79 Å². The summed E-state index contributed by atoms with van der Waals surface area (Å²) < 4.78 is 0. The Morgan fingerprint density at radius 3 is 2.61 bits per heavy atom. The number of amides is 2. The molecule has 0 aliphatic carbocycles. The first-order valence-corrected chi connectivity index (χ1v) is 9.63. The molecule has 6 heteroatoms. The number of anilines is 1. The van der Waals surface area contributed by atoms with Crippen molar-refractivity contribution in [3.63, 3.8) is 0 Å². The molecule has 0 bridgehead atoms. The van der Waals surface area contributed by atoms with E-state index in [1.54, 1.807) is 4.90 Å². The zero-order valence-corrected chi connectivity index (χ0v) is 16.2. The van der Waals surface area contributed by atoms with Gasteiger partial charge in [-0.05, 0) is 44.4 Å². The maximum Gasteiger partial charge on any atom is 0.274 e. The second kappa shape index (κ2) is 7.46. The number of likely N-dealkylation sites (tertiary alicyclic amines) is 1. The summed E-state index contributed by atoms with van der Waals surface area (Å²) >= 11 is 0. The molecule has 0 atom stereocenters. The largest absolute Gasteiger partial charge is 0.337 e. The number of nitrogens with zero attached hydrogens (tertiary/aromatic N) is 2. The number of carbonyl (C=O) groups excluding carboxylic acids is 2. The van der Waals surface area contributed by atoms with Crippen molar-refractivity contribution in [2.45, 2.75) is 26.7 Å². The van der Waals surface area contributed by atoms with Gasteiger partial charge in [0.15, 0.2) is 5.69 Å². The molecule has 2 heterocycles. The molecule has 144 valence electrons. The number of nitrogens with one attached hydrogen (secondary N) is 2. The standard InChI is InChI=1S/C22H24N4O2/c1-14-7-8-18(15(2)13-14)23-21(27)16-9-11-26(12-10-16)22(28)20-17-5-3-4-6-19(17)24-25-20/h3-8,13,16H,9-12H2,1-2H3,(H,23,27)(H,24,25). The summed E-state index contributed by atoms with van der Waals surface area (Å²) in [5.74, 6) is -0.129. The Morgan fingerprint density at radius 2 is 1.86 bits per heavy atom. The molecule has 2 aromatic carbocycles. The topological polar surface area (TPSA) is 78.1 Å². The smallest absolute Gasteiger partial charge is 0.274 e. The molecule has 2 amide bonds. The lowest BCUT2D eigenvalue weighted by atomic mass is 9.95. The third-order valence-corrected chi connectivity index (χ3v) is 5.47. The van der Waals surface area contributed by atoms with Gasteiger partial charge in [-0.2, -0.15) is 5.10 Å². The second-order valence-electron chi connectivity index (χ2n) is 7.49. The molecule has 6 nitrogen and oxygen atoms in total. The van der Waals surface area contributed by atoms with E-state index in [-0.39, 0.29) is 17.7 Å². The van der Waals surface area contributed by atoms with Gasteiger partial charge in [-0.15, -0.1) is 0 Å². The molecule has 1 aromatic heterocycles. The molecule has 2 N–H and O–H groups in total. The summed E-state index contributed by atoms with van der Waals surface area (Å²) in [5, 5.41) is 11.0. The molecule has 0 radical (unpaired) electrons. The van der Waals surface area contributed by atoms with Gasteiger partial charge in [-0.25, -0.2) is 0 Å². The molecule has 1 aliphatic heterocycles. The van der Waals surface area contributed by atoms with Crippen LogP contribution in [0.1, 0.15) is 34.5 Å². The van der Waals surface area contributed by atoms with Crippen LogP contribution in [0.2, 0.25) is 0 Å². The number of benzene rings is 2. The summed E-state index contributed by atoms with van der Waals surface area (Å²) in [5.41, 5.74) is 4.40. The molecular weight excluding hydrogens is 352 g/mol. The van der Waals surface area contributed by atoms with E-state index in [1.165, 1.54) is 5.56 Å². The summed E-state index contributed by atoms with van der Waals surface area (Å²) in [6, 6.07) is 13.6. The Morgan fingerprint density at radius 1 is 1.11 bits per heavy atom. The quantitative estimate of drug-likeness (QED) is 0.732. The van der Waals surface area contributed by atoms with E-state index in [1.807, 2.05) is 50.2 Å². The highest BCUT2D eigenvalue weighted by atomic mass is 16.2. The van der Waals surface area contributed by atoms with Gasteiger partial charge in [0.25, 0.3) is 5.91 Å². The highest BCUT2D eigenvalue weighted by molar-refractivity contribution is 6.04. The van der Waals surface area contributed by atoms with Crippen LogP contribution in [0.3, 0.4) is 0 Å².